The summed E-state index contributed by atoms with van der Waals surface area (Å²) >= 11 is 0. The van der Waals surface area contributed by atoms with Crippen molar-refractivity contribution in [2.24, 2.45) is 5.92 Å². The molecule has 0 bridgehead atoms. The second kappa shape index (κ2) is 14.4. The Morgan fingerprint density at radius 2 is 1.75 bits per heavy atom. The summed E-state index contributed by atoms with van der Waals surface area (Å²) in [4.78, 5) is 48.4. The second-order valence-electron chi connectivity index (χ2n) is 12.3. The van der Waals surface area contributed by atoms with Gasteiger partial charge in [0.2, 0.25) is 11.8 Å². The average Bonchev–Trinajstić information content (AvgIpc) is 3.21. The van der Waals surface area contributed by atoms with Gasteiger partial charge in [-0.3, -0.25) is 24.3 Å². The maximum absolute atomic E-state index is 13.7. The topological polar surface area (TPSA) is 82.6 Å². The molecule has 2 amide bonds. The highest BCUT2D eigenvalue weighted by atomic mass is 16.2. The van der Waals surface area contributed by atoms with Crippen LogP contribution in [0.4, 0.5) is 0 Å². The van der Waals surface area contributed by atoms with Crippen molar-refractivity contribution in [3.05, 3.63) is 102 Å². The molecule has 44 heavy (non-hydrogen) atoms. The number of hydrogen-bond acceptors (Lipinski definition) is 5. The maximum atomic E-state index is 13.7. The number of carbonyl (C=O) groups is 3. The Morgan fingerprint density at radius 1 is 0.955 bits per heavy atom. The van der Waals surface area contributed by atoms with Crippen LogP contribution in [0.3, 0.4) is 0 Å². The summed E-state index contributed by atoms with van der Waals surface area (Å²) in [6, 6.07) is 27.2. The Kier molecular flexibility index (Phi) is 10.2. The highest BCUT2D eigenvalue weighted by Gasteiger charge is 2.32. The molecule has 0 aliphatic carbocycles. The Morgan fingerprint density at radius 3 is 2.52 bits per heavy atom. The SMILES string of the molecule is CC(C)C[C@@H](C(=O)NC1CCCN(C(=O)Cc2cccc(-c3ccccn3)c2)CC1=O)N(C)Cc1ccc2ccccc2c1. The number of benzene rings is 3. The van der Waals surface area contributed by atoms with E-state index in [1.807, 2.05) is 61.6 Å². The molecule has 1 aliphatic heterocycles. The van der Waals surface area contributed by atoms with Gasteiger partial charge in [-0.1, -0.05) is 74.5 Å². The molecule has 7 nitrogen and oxygen atoms in total. The van der Waals surface area contributed by atoms with Crippen LogP contribution in [0.15, 0.2) is 91.1 Å². The summed E-state index contributed by atoms with van der Waals surface area (Å²) in [6.45, 7) is 5.34. The van der Waals surface area contributed by atoms with Gasteiger partial charge in [-0.15, -0.1) is 0 Å². The van der Waals surface area contributed by atoms with Gasteiger partial charge in [-0.05, 0) is 78.4 Å². The van der Waals surface area contributed by atoms with E-state index < -0.39 is 6.04 Å². The summed E-state index contributed by atoms with van der Waals surface area (Å²) in [6.07, 6.45) is 3.81. The lowest BCUT2D eigenvalue weighted by Crippen LogP contribution is -2.51. The number of fused-ring (bicyclic) bond motifs is 1. The van der Waals surface area contributed by atoms with Crippen LogP contribution in [0.2, 0.25) is 0 Å². The van der Waals surface area contributed by atoms with Crippen LogP contribution >= 0.6 is 0 Å². The minimum Gasteiger partial charge on any atom is -0.345 e. The molecule has 1 unspecified atom stereocenters. The van der Waals surface area contributed by atoms with Gasteiger partial charge >= 0.3 is 0 Å². The molecule has 1 fully saturated rings. The Bertz CT molecular complexity index is 1600. The second-order valence-corrected chi connectivity index (χ2v) is 12.3. The summed E-state index contributed by atoms with van der Waals surface area (Å²) in [5.41, 5.74) is 3.82. The zero-order valence-electron chi connectivity index (χ0n) is 25.9. The van der Waals surface area contributed by atoms with Gasteiger partial charge < -0.3 is 10.2 Å². The van der Waals surface area contributed by atoms with Crippen LogP contribution in [-0.2, 0) is 27.3 Å². The van der Waals surface area contributed by atoms with Crippen molar-refractivity contribution in [1.29, 1.82) is 0 Å². The fourth-order valence-corrected chi connectivity index (χ4v) is 5.99. The number of likely N-dealkylation sites (tertiary alicyclic amines) is 1. The van der Waals surface area contributed by atoms with E-state index in [0.717, 1.165) is 22.4 Å². The van der Waals surface area contributed by atoms with Gasteiger partial charge in [0, 0.05) is 24.8 Å². The smallest absolute Gasteiger partial charge is 0.237 e. The van der Waals surface area contributed by atoms with Crippen LogP contribution in [0.25, 0.3) is 22.0 Å². The number of amides is 2. The van der Waals surface area contributed by atoms with E-state index in [1.54, 1.807) is 11.1 Å². The van der Waals surface area contributed by atoms with Crippen molar-refractivity contribution >= 4 is 28.4 Å². The lowest BCUT2D eigenvalue weighted by molar-refractivity contribution is -0.135. The molecule has 0 radical (unpaired) electrons. The predicted octanol–water partition coefficient (Wildman–Crippen LogP) is 5.67. The van der Waals surface area contributed by atoms with Crippen molar-refractivity contribution in [3.8, 4) is 11.3 Å². The Hall–Kier alpha value is -4.36. The molecule has 0 saturated carbocycles. The molecule has 5 rings (SSSR count). The minimum absolute atomic E-state index is 0.00544. The molecule has 4 aromatic rings. The Balaban J connectivity index is 1.20. The van der Waals surface area contributed by atoms with E-state index in [4.69, 9.17) is 0 Å². The molecule has 7 heteroatoms. The van der Waals surface area contributed by atoms with Crippen molar-refractivity contribution < 1.29 is 14.4 Å². The zero-order chi connectivity index (χ0) is 31.1. The number of hydrogen-bond donors (Lipinski definition) is 1. The average molecular weight is 591 g/mol. The summed E-state index contributed by atoms with van der Waals surface area (Å²) in [7, 11) is 1.97. The van der Waals surface area contributed by atoms with Crippen molar-refractivity contribution in [1.82, 2.24) is 20.1 Å². The maximum Gasteiger partial charge on any atom is 0.237 e. The minimum atomic E-state index is -0.600. The molecule has 2 atom stereocenters. The molecule has 228 valence electrons. The van der Waals surface area contributed by atoms with Crippen LogP contribution in [0.1, 0.15) is 44.2 Å². The van der Waals surface area contributed by atoms with E-state index >= 15 is 0 Å². The van der Waals surface area contributed by atoms with Gasteiger partial charge in [-0.25, -0.2) is 0 Å². The number of nitrogens with one attached hydrogen (secondary N) is 1. The first-order valence-corrected chi connectivity index (χ1v) is 15.6. The number of carbonyl (C=O) groups excluding carboxylic acids is 3. The molecule has 1 aromatic heterocycles. The van der Waals surface area contributed by atoms with E-state index in [0.29, 0.717) is 38.3 Å². The molecule has 3 aromatic carbocycles. The third-order valence-electron chi connectivity index (χ3n) is 8.34. The van der Waals surface area contributed by atoms with Gasteiger partial charge in [0.25, 0.3) is 0 Å². The third-order valence-corrected chi connectivity index (χ3v) is 8.34. The monoisotopic (exact) mass is 590 g/mol. The van der Waals surface area contributed by atoms with Gasteiger partial charge in [-0.2, -0.15) is 0 Å². The summed E-state index contributed by atoms with van der Waals surface area (Å²) in [5, 5.41) is 5.43. The number of pyridine rings is 1. The molecular weight excluding hydrogens is 548 g/mol. The summed E-state index contributed by atoms with van der Waals surface area (Å²) < 4.78 is 0. The standard InChI is InChI=1S/C37H42N4O3/c1-26(2)20-34(40(3)24-28-16-17-29-11-4-5-12-30(29)22-28)37(44)39-33-15-9-19-41(25-35(33)42)36(43)23-27-10-8-13-31(21-27)32-14-6-7-18-38-32/h4-8,10-14,16-18,21-22,26,33-34H,9,15,19-20,23-25H2,1-3H3,(H,39,44)/t33?,34-/m0/s1. The predicted molar refractivity (Wildman–Crippen MR) is 175 cm³/mol. The van der Waals surface area contributed by atoms with Gasteiger partial charge in [0.15, 0.2) is 5.78 Å². The number of aromatic nitrogens is 1. The van der Waals surface area contributed by atoms with E-state index in [9.17, 15) is 14.4 Å². The third kappa shape index (κ3) is 7.97. The van der Waals surface area contributed by atoms with Crippen LogP contribution < -0.4 is 5.32 Å². The first-order chi connectivity index (χ1) is 21.3. The first kappa shape index (κ1) is 31.1. The van der Waals surface area contributed by atoms with Crippen molar-refractivity contribution in [3.63, 3.8) is 0 Å². The summed E-state index contributed by atoms with van der Waals surface area (Å²) in [5.74, 6) is -0.0337. The molecule has 0 spiro atoms. The lowest BCUT2D eigenvalue weighted by Gasteiger charge is -2.30. The molecular formula is C37H42N4O3. The van der Waals surface area contributed by atoms with E-state index in [1.165, 1.54) is 10.8 Å². The number of Topliss-reactive ketones (excluding diaryl/α,β-unsaturated/α-hetero) is 1. The fraction of sp³-hybridized carbons (Fsp3) is 0.351. The van der Waals surface area contributed by atoms with Crippen LogP contribution in [0.5, 0.6) is 0 Å². The number of rotatable bonds is 10. The highest BCUT2D eigenvalue weighted by molar-refractivity contribution is 5.94. The lowest BCUT2D eigenvalue weighted by atomic mass is 9.99. The Labute approximate surface area is 260 Å². The number of ketones is 1. The molecule has 2 heterocycles. The fourth-order valence-electron chi connectivity index (χ4n) is 5.99. The van der Waals surface area contributed by atoms with Gasteiger partial charge in [0.1, 0.15) is 0 Å². The zero-order valence-corrected chi connectivity index (χ0v) is 25.9. The van der Waals surface area contributed by atoms with Gasteiger partial charge in [0.05, 0.1) is 30.7 Å². The molecule has 1 aliphatic rings. The molecule has 1 N–H and O–H groups in total. The normalized spacial score (nSPS) is 16.2. The van der Waals surface area contributed by atoms with Crippen LogP contribution in [0, 0.1) is 5.92 Å². The highest BCUT2D eigenvalue weighted by Crippen LogP contribution is 2.21. The van der Waals surface area contributed by atoms with Crippen molar-refractivity contribution in [2.45, 2.75) is 58.2 Å². The van der Waals surface area contributed by atoms with E-state index in [2.05, 4.69) is 59.4 Å². The van der Waals surface area contributed by atoms with Crippen LogP contribution in [-0.4, -0.2) is 64.6 Å². The number of nitrogens with zero attached hydrogens (tertiary/aromatic N) is 3. The largest absolute Gasteiger partial charge is 0.345 e. The quantitative estimate of drug-likeness (QED) is 0.258. The molecule has 1 saturated heterocycles. The first-order valence-electron chi connectivity index (χ1n) is 15.6. The van der Waals surface area contributed by atoms with Crippen molar-refractivity contribution in [2.75, 3.05) is 20.1 Å². The van der Waals surface area contributed by atoms with E-state index in [-0.39, 0.29) is 36.6 Å². The number of likely N-dealkylation sites (N-methyl/N-ethyl adjacent to an activating group) is 1.